The highest BCUT2D eigenvalue weighted by Gasteiger charge is 2.29. The van der Waals surface area contributed by atoms with E-state index in [1.807, 2.05) is 38.1 Å². The molecule has 0 spiro atoms. The average Bonchev–Trinajstić information content (AvgIpc) is 2.47. The molecule has 2 aromatic carbocycles. The molecule has 0 atom stereocenters. The van der Waals surface area contributed by atoms with Crippen molar-refractivity contribution in [1.29, 1.82) is 0 Å². The van der Waals surface area contributed by atoms with Gasteiger partial charge in [0, 0.05) is 11.1 Å². The zero-order valence-electron chi connectivity index (χ0n) is 11.4. The predicted octanol–water partition coefficient (Wildman–Crippen LogP) is 4.12. The number of hydrogen-bond acceptors (Lipinski definition) is 4. The molecule has 0 aromatic heterocycles. The van der Waals surface area contributed by atoms with E-state index >= 15 is 0 Å². The van der Waals surface area contributed by atoms with Crippen LogP contribution < -0.4 is 9.47 Å². The number of ether oxygens (including phenoxy) is 2. The van der Waals surface area contributed by atoms with Gasteiger partial charge in [-0.2, -0.15) is 0 Å². The van der Waals surface area contributed by atoms with Gasteiger partial charge < -0.3 is 19.7 Å². The lowest BCUT2D eigenvalue weighted by Gasteiger charge is -2.25. The molecule has 0 bridgehead atoms. The number of hydrogen-bond donors (Lipinski definition) is 2. The van der Waals surface area contributed by atoms with Crippen molar-refractivity contribution < 1.29 is 19.7 Å². The summed E-state index contributed by atoms with van der Waals surface area (Å²) in [6, 6.07) is 7.35. The molecule has 0 unspecified atom stereocenters. The second-order valence-electron chi connectivity index (χ2n) is 4.67. The SMILES string of the molecule is CCc1c(O)c(O)c(CC)c2c1Oc1ccccc1O2. The number of rotatable bonds is 2. The number of aromatic hydroxyl groups is 2. The summed E-state index contributed by atoms with van der Waals surface area (Å²) in [4.78, 5) is 0. The Morgan fingerprint density at radius 1 is 0.800 bits per heavy atom. The van der Waals surface area contributed by atoms with E-state index in [1.165, 1.54) is 0 Å². The van der Waals surface area contributed by atoms with Crippen LogP contribution in [-0.4, -0.2) is 10.2 Å². The monoisotopic (exact) mass is 272 g/mol. The number of fused-ring (bicyclic) bond motifs is 2. The van der Waals surface area contributed by atoms with Crippen LogP contribution in [0.3, 0.4) is 0 Å². The molecule has 2 N–H and O–H groups in total. The summed E-state index contributed by atoms with van der Waals surface area (Å²) in [6.07, 6.45) is 1.08. The van der Waals surface area contributed by atoms with Gasteiger partial charge in [-0.3, -0.25) is 0 Å². The Morgan fingerprint density at radius 2 is 1.20 bits per heavy atom. The highest BCUT2D eigenvalue weighted by Crippen LogP contribution is 2.54. The Labute approximate surface area is 117 Å². The van der Waals surface area contributed by atoms with Crippen LogP contribution in [0.4, 0.5) is 0 Å². The predicted molar refractivity (Wildman–Crippen MR) is 75.1 cm³/mol. The van der Waals surface area contributed by atoms with Gasteiger partial charge in [0.15, 0.2) is 34.5 Å². The van der Waals surface area contributed by atoms with E-state index < -0.39 is 0 Å². The van der Waals surface area contributed by atoms with E-state index in [9.17, 15) is 10.2 Å². The van der Waals surface area contributed by atoms with Crippen LogP contribution in [-0.2, 0) is 12.8 Å². The lowest BCUT2D eigenvalue weighted by Crippen LogP contribution is -2.05. The third kappa shape index (κ3) is 1.68. The molecule has 4 heteroatoms. The molecule has 4 nitrogen and oxygen atoms in total. The molecule has 0 amide bonds. The molecule has 0 saturated heterocycles. The summed E-state index contributed by atoms with van der Waals surface area (Å²) < 4.78 is 11.8. The second-order valence-corrected chi connectivity index (χ2v) is 4.67. The molecule has 1 heterocycles. The van der Waals surface area contributed by atoms with Crippen LogP contribution in [0.1, 0.15) is 25.0 Å². The van der Waals surface area contributed by atoms with Crippen molar-refractivity contribution >= 4 is 0 Å². The van der Waals surface area contributed by atoms with Gasteiger partial charge in [0.05, 0.1) is 0 Å². The van der Waals surface area contributed by atoms with Gasteiger partial charge in [0.1, 0.15) is 0 Å². The maximum absolute atomic E-state index is 10.1. The number of para-hydroxylation sites is 2. The fourth-order valence-corrected chi connectivity index (χ4v) is 2.49. The van der Waals surface area contributed by atoms with Gasteiger partial charge in [-0.05, 0) is 25.0 Å². The molecule has 0 radical (unpaired) electrons. The summed E-state index contributed by atoms with van der Waals surface area (Å²) >= 11 is 0. The normalized spacial score (nSPS) is 12.1. The molecule has 20 heavy (non-hydrogen) atoms. The van der Waals surface area contributed by atoms with Gasteiger partial charge >= 0.3 is 0 Å². The Hall–Kier alpha value is -2.36. The molecular weight excluding hydrogens is 256 g/mol. The lowest BCUT2D eigenvalue weighted by atomic mass is 10.0. The summed E-state index contributed by atoms with van der Waals surface area (Å²) in [6.45, 7) is 3.79. The van der Waals surface area contributed by atoms with Crippen molar-refractivity contribution in [2.45, 2.75) is 26.7 Å². The first-order valence-electron chi connectivity index (χ1n) is 6.71. The highest BCUT2D eigenvalue weighted by atomic mass is 16.6. The number of phenolic OH excluding ortho intramolecular Hbond substituents is 2. The van der Waals surface area contributed by atoms with Gasteiger partial charge in [-0.15, -0.1) is 0 Å². The van der Waals surface area contributed by atoms with Gasteiger partial charge in [-0.1, -0.05) is 26.0 Å². The van der Waals surface area contributed by atoms with Crippen LogP contribution in [0.15, 0.2) is 24.3 Å². The third-order valence-electron chi connectivity index (χ3n) is 3.53. The Morgan fingerprint density at radius 3 is 1.55 bits per heavy atom. The summed E-state index contributed by atoms with van der Waals surface area (Å²) in [5.74, 6) is 1.98. The van der Waals surface area contributed by atoms with Gasteiger partial charge in [0.25, 0.3) is 0 Å². The van der Waals surface area contributed by atoms with Crippen LogP contribution in [0.2, 0.25) is 0 Å². The van der Waals surface area contributed by atoms with Gasteiger partial charge in [-0.25, -0.2) is 0 Å². The van der Waals surface area contributed by atoms with Crippen molar-refractivity contribution in [3.8, 4) is 34.5 Å². The Balaban J connectivity index is 2.26. The molecule has 0 fully saturated rings. The van der Waals surface area contributed by atoms with E-state index in [2.05, 4.69) is 0 Å². The minimum Gasteiger partial charge on any atom is -0.504 e. The van der Waals surface area contributed by atoms with Crippen molar-refractivity contribution in [1.82, 2.24) is 0 Å². The minimum absolute atomic E-state index is 0.119. The second kappa shape index (κ2) is 4.63. The Kier molecular flexibility index (Phi) is 2.93. The molecule has 0 saturated carbocycles. The zero-order valence-corrected chi connectivity index (χ0v) is 11.4. The van der Waals surface area contributed by atoms with Crippen LogP contribution in [0, 0.1) is 0 Å². The van der Waals surface area contributed by atoms with E-state index in [0.717, 1.165) is 0 Å². The molecular formula is C16H16O4. The van der Waals surface area contributed by atoms with Gasteiger partial charge in [0.2, 0.25) is 0 Å². The summed E-state index contributed by atoms with van der Waals surface area (Å²) in [5.41, 5.74) is 1.12. The molecule has 0 aliphatic carbocycles. The molecule has 3 rings (SSSR count). The minimum atomic E-state index is -0.119. The first kappa shape index (κ1) is 12.7. The first-order chi connectivity index (χ1) is 9.67. The standard InChI is InChI=1S/C16H16O4/c1-3-9-13(17)14(18)10(4-2)16-15(9)19-11-7-5-6-8-12(11)20-16/h5-8,17-18H,3-4H2,1-2H3. The van der Waals surface area contributed by atoms with Crippen LogP contribution in [0.5, 0.6) is 34.5 Å². The Bertz CT molecular complexity index is 619. The van der Waals surface area contributed by atoms with Crippen LogP contribution >= 0.6 is 0 Å². The smallest absolute Gasteiger partial charge is 0.177 e. The maximum atomic E-state index is 10.1. The summed E-state index contributed by atoms with van der Waals surface area (Å²) in [7, 11) is 0. The maximum Gasteiger partial charge on any atom is 0.177 e. The van der Waals surface area contributed by atoms with Crippen molar-refractivity contribution in [2.24, 2.45) is 0 Å². The molecule has 1 aliphatic rings. The number of phenols is 2. The zero-order chi connectivity index (χ0) is 14.3. The quantitative estimate of drug-likeness (QED) is 0.689. The van der Waals surface area contributed by atoms with E-state index in [1.54, 1.807) is 0 Å². The lowest BCUT2D eigenvalue weighted by molar-refractivity contribution is 0.336. The first-order valence-corrected chi connectivity index (χ1v) is 6.71. The highest BCUT2D eigenvalue weighted by molar-refractivity contribution is 5.69. The average molecular weight is 272 g/mol. The van der Waals surface area contributed by atoms with Crippen LogP contribution in [0.25, 0.3) is 0 Å². The molecule has 1 aliphatic heterocycles. The van der Waals surface area contributed by atoms with Crippen molar-refractivity contribution in [3.63, 3.8) is 0 Å². The van der Waals surface area contributed by atoms with E-state index in [-0.39, 0.29) is 11.5 Å². The van der Waals surface area contributed by atoms with E-state index in [4.69, 9.17) is 9.47 Å². The fourth-order valence-electron chi connectivity index (χ4n) is 2.49. The molecule has 2 aromatic rings. The van der Waals surface area contributed by atoms with Crippen molar-refractivity contribution in [3.05, 3.63) is 35.4 Å². The topological polar surface area (TPSA) is 58.9 Å². The van der Waals surface area contributed by atoms with Crippen molar-refractivity contribution in [2.75, 3.05) is 0 Å². The largest absolute Gasteiger partial charge is 0.504 e. The summed E-state index contributed by atoms with van der Waals surface area (Å²) in [5, 5.41) is 20.3. The fraction of sp³-hybridized carbons (Fsp3) is 0.250. The third-order valence-corrected chi connectivity index (χ3v) is 3.53. The molecule has 104 valence electrons. The number of benzene rings is 2. The van der Waals surface area contributed by atoms with E-state index in [0.29, 0.717) is 47.0 Å².